The molecule has 0 aromatic heterocycles. The first-order valence-corrected chi connectivity index (χ1v) is 11.4. The van der Waals surface area contributed by atoms with E-state index in [2.05, 4.69) is 0 Å². The maximum Gasteiger partial charge on any atom is 0.331 e. The van der Waals surface area contributed by atoms with Crippen LogP contribution in [0.1, 0.15) is 18.9 Å². The first kappa shape index (κ1) is 26.5. The van der Waals surface area contributed by atoms with Crippen molar-refractivity contribution in [3.8, 4) is 5.75 Å². The third-order valence-corrected chi connectivity index (χ3v) is 6.86. The molecule has 10 atom stereocenters. The zero-order valence-electron chi connectivity index (χ0n) is 19.3. The first-order chi connectivity index (χ1) is 17.0. The minimum absolute atomic E-state index is 0.0669. The second kappa shape index (κ2) is 10.1. The molecule has 2 aliphatic heterocycles. The Kier molecular flexibility index (Phi) is 7.42. The van der Waals surface area contributed by atoms with Crippen LogP contribution in [0.2, 0.25) is 0 Å². The normalized spacial score (nSPS) is 42.2. The van der Waals surface area contributed by atoms with Gasteiger partial charge in [-0.15, -0.1) is 0 Å². The SMILES string of the molecule is C[C@@]1(OC(=O)C=Cc2ccc(O)cc2)C[C@@H](O)[C@@]2(O)C=CO[C@@H](O[C@H]3O[C@H](CO)[C@@H](O)[C@H](O)[C@H]3O)[C@H]21. The lowest BCUT2D eigenvalue weighted by Gasteiger charge is -2.45. The minimum atomic E-state index is -1.94. The standard InChI is InChI=1S/C24H30O12/c1-23(36-16(28)7-4-12-2-5-13(26)6-3-12)10-15(27)24(32)8-9-33-22(20(23)24)35-21-19(31)18(30)17(29)14(11-25)34-21/h2-9,14-15,17-22,25-27,29-32H,10-11H2,1H3/t14-,15-,17-,18+,19-,20+,21-,22+,23-,24+/m1/s1. The number of phenols is 1. The van der Waals surface area contributed by atoms with E-state index in [1.165, 1.54) is 31.2 Å². The minimum Gasteiger partial charge on any atom is -0.508 e. The maximum atomic E-state index is 12.7. The molecule has 4 rings (SSSR count). The summed E-state index contributed by atoms with van der Waals surface area (Å²) in [6.07, 6.45) is -5.96. The number of hydrogen-bond acceptors (Lipinski definition) is 12. The molecule has 7 N–H and O–H groups in total. The number of benzene rings is 1. The molecule has 198 valence electrons. The number of aromatic hydroxyl groups is 1. The van der Waals surface area contributed by atoms with E-state index >= 15 is 0 Å². The van der Waals surface area contributed by atoms with Crippen molar-refractivity contribution < 1.29 is 59.5 Å². The molecule has 1 saturated heterocycles. The van der Waals surface area contributed by atoms with Crippen molar-refractivity contribution in [1.29, 1.82) is 0 Å². The van der Waals surface area contributed by atoms with Crippen molar-refractivity contribution in [3.05, 3.63) is 48.2 Å². The van der Waals surface area contributed by atoms with Gasteiger partial charge in [-0.2, -0.15) is 0 Å². The lowest BCUT2D eigenvalue weighted by atomic mass is 9.81. The third-order valence-electron chi connectivity index (χ3n) is 6.86. The molecular weight excluding hydrogens is 480 g/mol. The molecule has 2 heterocycles. The molecule has 0 unspecified atom stereocenters. The summed E-state index contributed by atoms with van der Waals surface area (Å²) in [4.78, 5) is 12.7. The van der Waals surface area contributed by atoms with Crippen LogP contribution in [0.3, 0.4) is 0 Å². The molecule has 0 spiro atoms. The van der Waals surface area contributed by atoms with Crippen molar-refractivity contribution in [2.75, 3.05) is 6.61 Å². The van der Waals surface area contributed by atoms with Crippen LogP contribution in [-0.4, -0.2) is 103 Å². The molecule has 36 heavy (non-hydrogen) atoms. The molecule has 1 aromatic carbocycles. The van der Waals surface area contributed by atoms with E-state index in [0.717, 1.165) is 12.3 Å². The van der Waals surface area contributed by atoms with Crippen LogP contribution in [0.4, 0.5) is 0 Å². The number of carbonyl (C=O) groups excluding carboxylic acids is 1. The van der Waals surface area contributed by atoms with Crippen LogP contribution < -0.4 is 0 Å². The smallest absolute Gasteiger partial charge is 0.331 e. The average molecular weight is 510 g/mol. The molecule has 1 aromatic rings. The van der Waals surface area contributed by atoms with Gasteiger partial charge >= 0.3 is 5.97 Å². The molecule has 0 bridgehead atoms. The molecule has 3 aliphatic rings. The summed E-state index contributed by atoms with van der Waals surface area (Å²) >= 11 is 0. The van der Waals surface area contributed by atoms with Crippen LogP contribution in [0.25, 0.3) is 6.08 Å². The maximum absolute atomic E-state index is 12.7. The highest BCUT2D eigenvalue weighted by molar-refractivity contribution is 5.87. The van der Waals surface area contributed by atoms with Gasteiger partial charge in [-0.05, 0) is 36.8 Å². The number of rotatable bonds is 6. The van der Waals surface area contributed by atoms with Gasteiger partial charge < -0.3 is 54.7 Å². The topological polar surface area (TPSA) is 196 Å². The molecule has 1 aliphatic carbocycles. The molecule has 1 saturated carbocycles. The van der Waals surface area contributed by atoms with Gasteiger partial charge in [0.25, 0.3) is 0 Å². The first-order valence-electron chi connectivity index (χ1n) is 11.4. The fraction of sp³-hybridized carbons (Fsp3) is 0.542. The van der Waals surface area contributed by atoms with Gasteiger partial charge in [0.1, 0.15) is 41.4 Å². The number of fused-ring (bicyclic) bond motifs is 1. The number of ether oxygens (including phenoxy) is 4. The molecule has 0 amide bonds. The number of carbonyl (C=O) groups is 1. The van der Waals surface area contributed by atoms with Crippen LogP contribution in [0.5, 0.6) is 5.75 Å². The van der Waals surface area contributed by atoms with Gasteiger partial charge in [-0.25, -0.2) is 4.79 Å². The van der Waals surface area contributed by atoms with E-state index in [-0.39, 0.29) is 12.2 Å². The van der Waals surface area contributed by atoms with Gasteiger partial charge in [0, 0.05) is 12.5 Å². The van der Waals surface area contributed by atoms with E-state index in [9.17, 15) is 40.5 Å². The van der Waals surface area contributed by atoms with Crippen LogP contribution in [0, 0.1) is 5.92 Å². The number of aliphatic hydroxyl groups is 6. The summed E-state index contributed by atoms with van der Waals surface area (Å²) in [5, 5.41) is 71.1. The number of aliphatic hydroxyl groups excluding tert-OH is 5. The Morgan fingerprint density at radius 3 is 2.47 bits per heavy atom. The van der Waals surface area contributed by atoms with E-state index in [1.807, 2.05) is 0 Å². The zero-order valence-corrected chi connectivity index (χ0v) is 19.3. The largest absolute Gasteiger partial charge is 0.508 e. The monoisotopic (exact) mass is 510 g/mol. The number of esters is 1. The highest BCUT2D eigenvalue weighted by Crippen LogP contribution is 2.51. The molecular formula is C24H30O12. The third kappa shape index (κ3) is 4.86. The average Bonchev–Trinajstić information content (AvgIpc) is 3.04. The van der Waals surface area contributed by atoms with Gasteiger partial charge in [-0.3, -0.25) is 0 Å². The van der Waals surface area contributed by atoms with Gasteiger partial charge in [0.2, 0.25) is 6.29 Å². The molecule has 12 nitrogen and oxygen atoms in total. The lowest BCUT2D eigenvalue weighted by molar-refractivity contribution is -0.351. The Morgan fingerprint density at radius 1 is 1.11 bits per heavy atom. The Morgan fingerprint density at radius 2 is 1.81 bits per heavy atom. The van der Waals surface area contributed by atoms with E-state index in [1.54, 1.807) is 12.1 Å². The number of phenolic OH excluding ortho intramolecular Hbond substituents is 1. The number of hydrogen-bond donors (Lipinski definition) is 7. The second-order valence-electron chi connectivity index (χ2n) is 9.38. The zero-order chi connectivity index (χ0) is 26.3. The van der Waals surface area contributed by atoms with E-state index in [0.29, 0.717) is 5.56 Å². The van der Waals surface area contributed by atoms with Crippen molar-refractivity contribution in [2.45, 2.75) is 67.6 Å². The van der Waals surface area contributed by atoms with E-state index < -0.39 is 72.8 Å². The lowest BCUT2D eigenvalue weighted by Crippen LogP contribution is -2.62. The summed E-state index contributed by atoms with van der Waals surface area (Å²) in [6.45, 7) is 0.808. The second-order valence-corrected chi connectivity index (χ2v) is 9.38. The summed E-state index contributed by atoms with van der Waals surface area (Å²) in [5.74, 6) is -1.93. The van der Waals surface area contributed by atoms with Gasteiger partial charge in [0.05, 0.1) is 24.9 Å². The highest BCUT2D eigenvalue weighted by Gasteiger charge is 2.66. The summed E-state index contributed by atoms with van der Waals surface area (Å²) in [7, 11) is 0. The van der Waals surface area contributed by atoms with Crippen LogP contribution in [-0.2, 0) is 23.7 Å². The van der Waals surface area contributed by atoms with Gasteiger partial charge in [0.15, 0.2) is 6.29 Å². The summed E-state index contributed by atoms with van der Waals surface area (Å²) < 4.78 is 22.2. The molecule has 12 heteroatoms. The Bertz CT molecular complexity index is 993. The fourth-order valence-electron chi connectivity index (χ4n) is 4.94. The Hall–Kier alpha value is -2.55. The van der Waals surface area contributed by atoms with Gasteiger partial charge in [-0.1, -0.05) is 12.1 Å². The summed E-state index contributed by atoms with van der Waals surface area (Å²) in [6, 6.07) is 6.07. The van der Waals surface area contributed by atoms with Crippen LogP contribution >= 0.6 is 0 Å². The van der Waals surface area contributed by atoms with Crippen molar-refractivity contribution in [2.24, 2.45) is 5.92 Å². The van der Waals surface area contributed by atoms with Crippen LogP contribution in [0.15, 0.2) is 42.7 Å². The Labute approximate surface area is 206 Å². The molecule has 0 radical (unpaired) electrons. The van der Waals surface area contributed by atoms with Crippen molar-refractivity contribution >= 4 is 12.0 Å². The highest BCUT2D eigenvalue weighted by atomic mass is 16.8. The predicted octanol–water partition coefficient (Wildman–Crippen LogP) is -1.49. The van der Waals surface area contributed by atoms with E-state index in [4.69, 9.17) is 18.9 Å². The quantitative estimate of drug-likeness (QED) is 0.173. The van der Waals surface area contributed by atoms with Crippen molar-refractivity contribution in [1.82, 2.24) is 0 Å². The fourth-order valence-corrected chi connectivity index (χ4v) is 4.94. The molecule has 2 fully saturated rings. The predicted molar refractivity (Wildman–Crippen MR) is 120 cm³/mol. The van der Waals surface area contributed by atoms with Crippen molar-refractivity contribution in [3.63, 3.8) is 0 Å². The Balaban J connectivity index is 1.54. The summed E-state index contributed by atoms with van der Waals surface area (Å²) in [5.41, 5.74) is -2.84.